The lowest BCUT2D eigenvalue weighted by atomic mass is 9.65. The third-order valence-corrected chi connectivity index (χ3v) is 3.25. The van der Waals surface area contributed by atoms with Gasteiger partial charge in [-0.05, 0) is 37.8 Å². The highest BCUT2D eigenvalue weighted by Crippen LogP contribution is 2.47. The third kappa shape index (κ3) is 1.33. The summed E-state index contributed by atoms with van der Waals surface area (Å²) in [4.78, 5) is 0. The van der Waals surface area contributed by atoms with E-state index < -0.39 is 5.41 Å². The first-order valence-electron chi connectivity index (χ1n) is 5.03. The summed E-state index contributed by atoms with van der Waals surface area (Å²) in [6.45, 7) is 1.77. The number of nitriles is 1. The van der Waals surface area contributed by atoms with Gasteiger partial charge in [0.1, 0.15) is 11.5 Å². The molecule has 1 saturated carbocycles. The average Bonchev–Trinajstić information content (AvgIpc) is 2.12. The van der Waals surface area contributed by atoms with E-state index in [2.05, 4.69) is 6.07 Å². The lowest BCUT2D eigenvalue weighted by Gasteiger charge is -2.36. The molecule has 1 aromatic rings. The van der Waals surface area contributed by atoms with Gasteiger partial charge in [-0.2, -0.15) is 5.26 Å². The number of nitrogens with zero attached hydrogens (tertiary/aromatic N) is 1. The van der Waals surface area contributed by atoms with E-state index in [4.69, 9.17) is 5.26 Å². The molecule has 0 saturated heterocycles. The molecule has 15 heavy (non-hydrogen) atoms. The predicted octanol–water partition coefficient (Wildman–Crippen LogP) is 2.35. The van der Waals surface area contributed by atoms with Gasteiger partial charge in [-0.1, -0.05) is 0 Å². The number of hydrogen-bond acceptors (Lipinski definition) is 3. The molecule has 78 valence electrons. The minimum absolute atomic E-state index is 0.0272. The Morgan fingerprint density at radius 2 is 1.93 bits per heavy atom. The van der Waals surface area contributed by atoms with Crippen molar-refractivity contribution in [3.63, 3.8) is 0 Å². The molecule has 1 aliphatic rings. The molecule has 0 atom stereocenters. The Balaban J connectivity index is 2.54. The fraction of sp³-hybridized carbons (Fsp3) is 0.417. The third-order valence-electron chi connectivity index (χ3n) is 3.25. The second kappa shape index (κ2) is 3.16. The molecular weight excluding hydrogens is 190 g/mol. The monoisotopic (exact) mass is 203 g/mol. The lowest BCUT2D eigenvalue weighted by molar-refractivity contribution is 0.310. The molecule has 2 rings (SSSR count). The van der Waals surface area contributed by atoms with Crippen LogP contribution in [0, 0.1) is 18.3 Å². The molecule has 0 unspecified atom stereocenters. The molecule has 3 nitrogen and oxygen atoms in total. The maximum atomic E-state index is 9.74. The molecule has 0 amide bonds. The van der Waals surface area contributed by atoms with Crippen LogP contribution in [-0.2, 0) is 5.41 Å². The molecule has 3 heteroatoms. The first kappa shape index (κ1) is 9.85. The van der Waals surface area contributed by atoms with E-state index in [-0.39, 0.29) is 11.5 Å². The van der Waals surface area contributed by atoms with E-state index in [9.17, 15) is 10.2 Å². The fourth-order valence-electron chi connectivity index (χ4n) is 2.04. The Morgan fingerprint density at radius 1 is 1.27 bits per heavy atom. The number of hydrogen-bond donors (Lipinski definition) is 2. The second-order valence-corrected chi connectivity index (χ2v) is 4.20. The van der Waals surface area contributed by atoms with Crippen molar-refractivity contribution in [1.29, 1.82) is 5.26 Å². The van der Waals surface area contributed by atoms with E-state index >= 15 is 0 Å². The Labute approximate surface area is 88.6 Å². The maximum Gasteiger partial charge on any atom is 0.124 e. The van der Waals surface area contributed by atoms with E-state index in [1.165, 1.54) is 6.07 Å². The SMILES string of the molecule is Cc1cc(C2(C#N)CCC2)c(O)cc1O. The van der Waals surface area contributed by atoms with E-state index in [1.54, 1.807) is 13.0 Å². The molecule has 1 fully saturated rings. The van der Waals surface area contributed by atoms with Gasteiger partial charge in [-0.25, -0.2) is 0 Å². The van der Waals surface area contributed by atoms with Gasteiger partial charge in [0, 0.05) is 11.6 Å². The van der Waals surface area contributed by atoms with Crippen molar-refractivity contribution in [3.05, 3.63) is 23.3 Å². The molecule has 1 aliphatic carbocycles. The van der Waals surface area contributed by atoms with Crippen LogP contribution in [0.3, 0.4) is 0 Å². The Bertz CT molecular complexity index is 442. The predicted molar refractivity (Wildman–Crippen MR) is 55.7 cm³/mol. The Hall–Kier alpha value is -1.69. The summed E-state index contributed by atoms with van der Waals surface area (Å²) < 4.78 is 0. The van der Waals surface area contributed by atoms with Gasteiger partial charge in [0.25, 0.3) is 0 Å². The van der Waals surface area contributed by atoms with Crippen molar-refractivity contribution >= 4 is 0 Å². The summed E-state index contributed by atoms with van der Waals surface area (Å²) in [5.41, 5.74) is 0.832. The van der Waals surface area contributed by atoms with E-state index in [0.29, 0.717) is 11.1 Å². The van der Waals surface area contributed by atoms with Crippen LogP contribution < -0.4 is 0 Å². The van der Waals surface area contributed by atoms with Crippen LogP contribution in [0.15, 0.2) is 12.1 Å². The van der Waals surface area contributed by atoms with Gasteiger partial charge >= 0.3 is 0 Å². The Kier molecular flexibility index (Phi) is 2.08. The van der Waals surface area contributed by atoms with Crippen LogP contribution in [-0.4, -0.2) is 10.2 Å². The number of rotatable bonds is 1. The number of benzene rings is 1. The summed E-state index contributed by atoms with van der Waals surface area (Å²) in [6, 6.07) is 5.31. The van der Waals surface area contributed by atoms with Crippen molar-refractivity contribution in [2.75, 3.05) is 0 Å². The van der Waals surface area contributed by atoms with Crippen LogP contribution in [0.1, 0.15) is 30.4 Å². The summed E-state index contributed by atoms with van der Waals surface area (Å²) >= 11 is 0. The van der Waals surface area contributed by atoms with Crippen LogP contribution in [0.5, 0.6) is 11.5 Å². The van der Waals surface area contributed by atoms with Crippen LogP contribution in [0.25, 0.3) is 0 Å². The van der Waals surface area contributed by atoms with E-state index in [0.717, 1.165) is 19.3 Å². The van der Waals surface area contributed by atoms with Gasteiger partial charge in [0.15, 0.2) is 0 Å². The van der Waals surface area contributed by atoms with Gasteiger partial charge in [0.2, 0.25) is 0 Å². The Morgan fingerprint density at radius 3 is 2.40 bits per heavy atom. The summed E-state index contributed by atoms with van der Waals surface area (Å²) in [6.07, 6.45) is 2.61. The molecule has 0 heterocycles. The average molecular weight is 203 g/mol. The first-order chi connectivity index (χ1) is 7.09. The van der Waals surface area contributed by atoms with Crippen molar-refractivity contribution in [3.8, 4) is 17.6 Å². The zero-order valence-corrected chi connectivity index (χ0v) is 8.62. The van der Waals surface area contributed by atoms with Crippen LogP contribution >= 0.6 is 0 Å². The topological polar surface area (TPSA) is 64.2 Å². The highest BCUT2D eigenvalue weighted by molar-refractivity contribution is 5.51. The van der Waals surface area contributed by atoms with Gasteiger partial charge < -0.3 is 10.2 Å². The summed E-state index contributed by atoms with van der Waals surface area (Å²) in [5.74, 6) is 0.100. The maximum absolute atomic E-state index is 9.74. The van der Waals surface area contributed by atoms with Crippen molar-refractivity contribution < 1.29 is 10.2 Å². The molecule has 0 aliphatic heterocycles. The van der Waals surface area contributed by atoms with Crippen molar-refractivity contribution in [2.45, 2.75) is 31.6 Å². The van der Waals surface area contributed by atoms with Gasteiger partial charge in [0.05, 0.1) is 11.5 Å². The highest BCUT2D eigenvalue weighted by atomic mass is 16.3. The van der Waals surface area contributed by atoms with Crippen molar-refractivity contribution in [2.24, 2.45) is 0 Å². The molecule has 1 aromatic carbocycles. The van der Waals surface area contributed by atoms with Crippen LogP contribution in [0.4, 0.5) is 0 Å². The number of phenolic OH excluding ortho intramolecular Hbond substituents is 2. The number of aryl methyl sites for hydroxylation is 1. The molecule has 0 spiro atoms. The summed E-state index contributed by atoms with van der Waals surface area (Å²) in [7, 11) is 0. The van der Waals surface area contributed by atoms with E-state index in [1.807, 2.05) is 0 Å². The zero-order chi connectivity index (χ0) is 11.1. The number of aromatic hydroxyl groups is 2. The molecule has 0 bridgehead atoms. The largest absolute Gasteiger partial charge is 0.508 e. The second-order valence-electron chi connectivity index (χ2n) is 4.20. The van der Waals surface area contributed by atoms with Gasteiger partial charge in [-0.15, -0.1) is 0 Å². The normalized spacial score (nSPS) is 17.9. The molecule has 0 radical (unpaired) electrons. The summed E-state index contributed by atoms with van der Waals surface area (Å²) in [5, 5.41) is 28.3. The minimum atomic E-state index is -0.525. The standard InChI is InChI=1S/C12H13NO2/c1-8-5-9(11(15)6-10(8)14)12(7-13)3-2-4-12/h5-6,14-15H,2-4H2,1H3. The van der Waals surface area contributed by atoms with Gasteiger partial charge in [-0.3, -0.25) is 0 Å². The molecule has 2 N–H and O–H groups in total. The van der Waals surface area contributed by atoms with Crippen molar-refractivity contribution in [1.82, 2.24) is 0 Å². The first-order valence-corrected chi connectivity index (χ1v) is 5.03. The van der Waals surface area contributed by atoms with Crippen LogP contribution in [0.2, 0.25) is 0 Å². The zero-order valence-electron chi connectivity index (χ0n) is 8.62. The molecule has 0 aromatic heterocycles. The highest BCUT2D eigenvalue weighted by Gasteiger charge is 2.41. The lowest BCUT2D eigenvalue weighted by Crippen LogP contribution is -2.32. The fourth-order valence-corrected chi connectivity index (χ4v) is 2.04. The minimum Gasteiger partial charge on any atom is -0.508 e. The number of phenols is 2. The molecular formula is C12H13NO2. The quantitative estimate of drug-likeness (QED) is 0.736. The smallest absolute Gasteiger partial charge is 0.124 e.